The van der Waals surface area contributed by atoms with E-state index in [-0.39, 0.29) is 11.8 Å². The van der Waals surface area contributed by atoms with Crippen LogP contribution >= 0.6 is 11.8 Å². The zero-order chi connectivity index (χ0) is 24.2. The molecule has 0 aliphatic carbocycles. The molecule has 3 aliphatic heterocycles. The Morgan fingerprint density at radius 1 is 1.17 bits per heavy atom. The molecular formula is C24H30N6O4S. The first-order valence-electron chi connectivity index (χ1n) is 12.1. The van der Waals surface area contributed by atoms with E-state index in [2.05, 4.69) is 36.9 Å². The van der Waals surface area contributed by atoms with Crippen molar-refractivity contribution in [3.8, 4) is 5.88 Å². The number of thioether (sulfide) groups is 1. The van der Waals surface area contributed by atoms with Crippen molar-refractivity contribution in [3.05, 3.63) is 40.8 Å². The second kappa shape index (κ2) is 10.8. The standard InChI is InChI=1S/C24H30N6O4S/c1-2-28-7-5-18(6-8-28)29-9-11-30(12-10-29)23-25-17(14-20-22(31)27-24(32)35-20)15-21(26-23)34-16-19-4-3-13-33-19/h3-4,13-15,18H,2,5-12,16H2,1H3,(H,27,31,32)/b20-14-. The number of hydrogen-bond donors (Lipinski definition) is 1. The van der Waals surface area contributed by atoms with Crippen molar-refractivity contribution in [1.82, 2.24) is 25.1 Å². The van der Waals surface area contributed by atoms with Crippen molar-refractivity contribution in [1.29, 1.82) is 0 Å². The molecule has 10 nitrogen and oxygen atoms in total. The molecule has 0 spiro atoms. The van der Waals surface area contributed by atoms with Gasteiger partial charge in [0.2, 0.25) is 11.8 Å². The number of rotatable bonds is 7. The quantitative estimate of drug-likeness (QED) is 0.573. The summed E-state index contributed by atoms with van der Waals surface area (Å²) in [5.41, 5.74) is 0.520. The molecule has 0 radical (unpaired) electrons. The van der Waals surface area contributed by atoms with Crippen LogP contribution in [0.15, 0.2) is 33.8 Å². The van der Waals surface area contributed by atoms with Crippen LogP contribution in [0.25, 0.3) is 6.08 Å². The van der Waals surface area contributed by atoms with Gasteiger partial charge in [0.05, 0.1) is 16.9 Å². The molecular weight excluding hydrogens is 468 g/mol. The Hall–Kier alpha value is -2.89. The van der Waals surface area contributed by atoms with Crippen LogP contribution in [0.4, 0.5) is 10.7 Å². The second-order valence-corrected chi connectivity index (χ2v) is 9.85. The molecule has 0 saturated carbocycles. The van der Waals surface area contributed by atoms with E-state index >= 15 is 0 Å². The fourth-order valence-corrected chi connectivity index (χ4v) is 5.37. The molecule has 1 N–H and O–H groups in total. The lowest BCUT2D eigenvalue weighted by Crippen LogP contribution is -2.53. The lowest BCUT2D eigenvalue weighted by atomic mass is 10.0. The molecule has 3 saturated heterocycles. The van der Waals surface area contributed by atoms with Crippen molar-refractivity contribution in [2.24, 2.45) is 0 Å². The van der Waals surface area contributed by atoms with Gasteiger partial charge < -0.3 is 19.0 Å². The lowest BCUT2D eigenvalue weighted by Gasteiger charge is -2.42. The highest BCUT2D eigenvalue weighted by molar-refractivity contribution is 8.18. The van der Waals surface area contributed by atoms with Crippen molar-refractivity contribution in [3.63, 3.8) is 0 Å². The van der Waals surface area contributed by atoms with Gasteiger partial charge >= 0.3 is 0 Å². The molecule has 186 valence electrons. The van der Waals surface area contributed by atoms with E-state index in [4.69, 9.17) is 9.15 Å². The van der Waals surface area contributed by atoms with Gasteiger partial charge in [-0.05, 0) is 62.4 Å². The number of amides is 2. The molecule has 0 atom stereocenters. The molecule has 2 aromatic heterocycles. The molecule has 5 heterocycles. The number of ether oxygens (including phenoxy) is 1. The van der Waals surface area contributed by atoms with Crippen molar-refractivity contribution in [2.45, 2.75) is 32.4 Å². The summed E-state index contributed by atoms with van der Waals surface area (Å²) in [6, 6.07) is 5.95. The predicted octanol–water partition coefficient (Wildman–Crippen LogP) is 2.58. The minimum atomic E-state index is -0.416. The van der Waals surface area contributed by atoms with Gasteiger partial charge in [-0.15, -0.1) is 0 Å². The molecule has 3 fully saturated rings. The minimum absolute atomic E-state index is 0.234. The Morgan fingerprint density at radius 3 is 2.63 bits per heavy atom. The summed E-state index contributed by atoms with van der Waals surface area (Å²) in [7, 11) is 0. The van der Waals surface area contributed by atoms with Gasteiger partial charge in [0, 0.05) is 38.3 Å². The van der Waals surface area contributed by atoms with E-state index in [1.807, 2.05) is 6.07 Å². The Kier molecular flexibility index (Phi) is 7.35. The monoisotopic (exact) mass is 498 g/mol. The van der Waals surface area contributed by atoms with Crippen LogP contribution < -0.4 is 15.0 Å². The molecule has 3 aliphatic rings. The van der Waals surface area contributed by atoms with Gasteiger partial charge in [0.15, 0.2) is 0 Å². The maximum Gasteiger partial charge on any atom is 0.290 e. The third-order valence-corrected chi connectivity index (χ3v) is 7.50. The van der Waals surface area contributed by atoms with E-state index in [0.717, 1.165) is 44.5 Å². The topological polar surface area (TPSA) is 104 Å². The van der Waals surface area contributed by atoms with Crippen LogP contribution in [0.2, 0.25) is 0 Å². The largest absolute Gasteiger partial charge is 0.469 e. The number of piperazine rings is 1. The highest BCUT2D eigenvalue weighted by Gasteiger charge is 2.29. The summed E-state index contributed by atoms with van der Waals surface area (Å²) in [5, 5.41) is 1.89. The maximum atomic E-state index is 12.0. The number of nitrogens with one attached hydrogen (secondary N) is 1. The number of carbonyl (C=O) groups is 2. The second-order valence-electron chi connectivity index (χ2n) is 8.84. The highest BCUT2D eigenvalue weighted by Crippen LogP contribution is 2.27. The zero-order valence-corrected chi connectivity index (χ0v) is 20.6. The first-order chi connectivity index (χ1) is 17.1. The summed E-state index contributed by atoms with van der Waals surface area (Å²) in [4.78, 5) is 40.5. The van der Waals surface area contributed by atoms with Gasteiger partial charge in [-0.1, -0.05) is 6.92 Å². The first-order valence-corrected chi connectivity index (χ1v) is 12.9. The lowest BCUT2D eigenvalue weighted by molar-refractivity contribution is -0.115. The number of carbonyl (C=O) groups excluding carboxylic acids is 2. The van der Waals surface area contributed by atoms with E-state index in [1.165, 1.54) is 25.9 Å². The average molecular weight is 499 g/mol. The van der Waals surface area contributed by atoms with Crippen LogP contribution in [-0.4, -0.2) is 82.8 Å². The van der Waals surface area contributed by atoms with Gasteiger partial charge in [0.1, 0.15) is 12.4 Å². The van der Waals surface area contributed by atoms with E-state index < -0.39 is 5.91 Å². The van der Waals surface area contributed by atoms with E-state index in [0.29, 0.717) is 34.2 Å². The Morgan fingerprint density at radius 2 is 1.97 bits per heavy atom. The molecule has 2 aromatic rings. The summed E-state index contributed by atoms with van der Waals surface area (Å²) in [5.74, 6) is 1.22. The first kappa shape index (κ1) is 23.8. The summed E-state index contributed by atoms with van der Waals surface area (Å²) in [6.45, 7) is 9.49. The third-order valence-electron chi connectivity index (χ3n) is 6.69. The van der Waals surface area contributed by atoms with Crippen LogP contribution in [0.3, 0.4) is 0 Å². The Balaban J connectivity index is 1.30. The molecule has 0 bridgehead atoms. The maximum absolute atomic E-state index is 12.0. The van der Waals surface area contributed by atoms with Gasteiger partial charge in [-0.3, -0.25) is 19.8 Å². The van der Waals surface area contributed by atoms with Crippen molar-refractivity contribution >= 4 is 34.9 Å². The van der Waals surface area contributed by atoms with Crippen molar-refractivity contribution < 1.29 is 18.7 Å². The number of piperidine rings is 1. The highest BCUT2D eigenvalue weighted by atomic mass is 32.2. The molecule has 5 rings (SSSR count). The summed E-state index contributed by atoms with van der Waals surface area (Å²) >= 11 is 0.867. The Bertz CT molecular complexity index is 1080. The minimum Gasteiger partial charge on any atom is -0.469 e. The fourth-order valence-electron chi connectivity index (χ4n) is 4.70. The summed E-state index contributed by atoms with van der Waals surface area (Å²) < 4.78 is 11.2. The molecule has 35 heavy (non-hydrogen) atoms. The molecule has 2 amide bonds. The number of aromatic nitrogens is 2. The van der Waals surface area contributed by atoms with Gasteiger partial charge in [-0.25, -0.2) is 4.98 Å². The zero-order valence-electron chi connectivity index (χ0n) is 19.8. The number of anilines is 1. The van der Waals surface area contributed by atoms with Gasteiger partial charge in [-0.2, -0.15) is 4.98 Å². The van der Waals surface area contributed by atoms with Crippen molar-refractivity contribution in [2.75, 3.05) is 50.7 Å². The third kappa shape index (κ3) is 5.85. The molecule has 0 unspecified atom stereocenters. The van der Waals surface area contributed by atoms with E-state index in [1.54, 1.807) is 24.5 Å². The Labute approximate surface area is 208 Å². The predicted molar refractivity (Wildman–Crippen MR) is 133 cm³/mol. The van der Waals surface area contributed by atoms with Crippen LogP contribution in [0.1, 0.15) is 31.2 Å². The van der Waals surface area contributed by atoms with Crippen LogP contribution in [0.5, 0.6) is 5.88 Å². The number of nitrogens with zero attached hydrogens (tertiary/aromatic N) is 5. The molecule has 11 heteroatoms. The fraction of sp³-hybridized carbons (Fsp3) is 0.500. The van der Waals surface area contributed by atoms with E-state index in [9.17, 15) is 9.59 Å². The number of likely N-dealkylation sites (tertiary alicyclic amines) is 1. The van der Waals surface area contributed by atoms with Crippen LogP contribution in [0, 0.1) is 0 Å². The van der Waals surface area contributed by atoms with Gasteiger partial charge in [0.25, 0.3) is 11.1 Å². The molecule has 0 aromatic carbocycles. The smallest absolute Gasteiger partial charge is 0.290 e. The number of furan rings is 1. The number of hydrogen-bond acceptors (Lipinski definition) is 10. The van der Waals surface area contributed by atoms with Crippen LogP contribution in [-0.2, 0) is 11.4 Å². The SMILES string of the molecule is CCN1CCC(N2CCN(c3nc(/C=C4\SC(=O)NC4=O)cc(OCc4ccco4)n3)CC2)CC1. The average Bonchev–Trinajstić information content (AvgIpc) is 3.52. The summed E-state index contributed by atoms with van der Waals surface area (Å²) in [6.07, 6.45) is 5.64. The normalized spacial score (nSPS) is 21.6. The number of imide groups is 1.